The molecule has 2 heteroatoms. The van der Waals surface area contributed by atoms with Crippen molar-refractivity contribution in [3.63, 3.8) is 0 Å². The Kier molecular flexibility index (Phi) is 0.917. The van der Waals surface area contributed by atoms with E-state index in [0.717, 1.165) is 23.2 Å². The average molecular weight is 184 g/mol. The third kappa shape index (κ3) is 0.623. The van der Waals surface area contributed by atoms with Gasteiger partial charge in [0.2, 0.25) is 0 Å². The van der Waals surface area contributed by atoms with Crippen LogP contribution < -0.4 is 11.1 Å². The van der Waals surface area contributed by atoms with Crippen LogP contribution >= 0.6 is 0 Å². The van der Waals surface area contributed by atoms with Crippen molar-refractivity contribution >= 4 is 0 Å². The number of rotatable bonds is 2. The van der Waals surface area contributed by atoms with Gasteiger partial charge in [-0.05, 0) is 24.5 Å². The monoisotopic (exact) mass is 184 g/mol. The second-order valence-electron chi connectivity index (χ2n) is 4.78. The van der Waals surface area contributed by atoms with Crippen LogP contribution in [0.4, 0.5) is 0 Å². The minimum absolute atomic E-state index is 0.625. The molecule has 0 bridgehead atoms. The molecular formula is C12H12N2. The van der Waals surface area contributed by atoms with E-state index in [2.05, 4.69) is 23.2 Å². The van der Waals surface area contributed by atoms with Gasteiger partial charge in [-0.25, -0.2) is 0 Å². The lowest BCUT2D eigenvalue weighted by Crippen LogP contribution is -2.17. The van der Waals surface area contributed by atoms with Crippen molar-refractivity contribution in [1.29, 1.82) is 0 Å². The number of nitrogens with two attached hydrogens (primary N) is 1. The molecule has 0 amide bonds. The van der Waals surface area contributed by atoms with Crippen LogP contribution in [-0.2, 0) is 0 Å². The molecule has 70 valence electrons. The van der Waals surface area contributed by atoms with Crippen LogP contribution in [0.15, 0.2) is 41.4 Å². The largest absolute Gasteiger partial charge is 0.392 e. The zero-order valence-corrected chi connectivity index (χ0v) is 7.83. The van der Waals surface area contributed by atoms with Gasteiger partial charge in [-0.2, -0.15) is 0 Å². The van der Waals surface area contributed by atoms with E-state index in [1.807, 2.05) is 12.2 Å². The zero-order chi connectivity index (χ0) is 9.34. The highest BCUT2D eigenvalue weighted by molar-refractivity contribution is 5.44. The topological polar surface area (TPSA) is 38.0 Å². The summed E-state index contributed by atoms with van der Waals surface area (Å²) in [4.78, 5) is 0. The van der Waals surface area contributed by atoms with Crippen LogP contribution in [0.25, 0.3) is 0 Å². The maximum atomic E-state index is 5.62. The van der Waals surface area contributed by atoms with Crippen molar-refractivity contribution in [2.24, 2.45) is 23.0 Å². The molecule has 0 saturated heterocycles. The van der Waals surface area contributed by atoms with Crippen molar-refractivity contribution in [3.8, 4) is 0 Å². The third-order valence-corrected chi connectivity index (χ3v) is 4.12. The molecule has 0 aromatic rings. The van der Waals surface area contributed by atoms with E-state index in [-0.39, 0.29) is 0 Å². The maximum Gasteiger partial charge on any atom is 0.0798 e. The highest BCUT2D eigenvalue weighted by Gasteiger charge is 2.79. The molecule has 2 fully saturated rings. The Hall–Kier alpha value is -1.40. The van der Waals surface area contributed by atoms with Gasteiger partial charge in [-0.1, -0.05) is 17.9 Å². The van der Waals surface area contributed by atoms with E-state index in [1.54, 1.807) is 0 Å². The lowest BCUT2D eigenvalue weighted by Gasteiger charge is -2.02. The van der Waals surface area contributed by atoms with Crippen molar-refractivity contribution in [3.05, 3.63) is 41.4 Å². The minimum atomic E-state index is 0.625. The molecule has 4 unspecified atom stereocenters. The van der Waals surface area contributed by atoms with Crippen LogP contribution in [0, 0.1) is 17.3 Å². The Morgan fingerprint density at radius 3 is 2.93 bits per heavy atom. The summed E-state index contributed by atoms with van der Waals surface area (Å²) >= 11 is 0. The molecule has 0 aromatic carbocycles. The molecule has 0 heterocycles. The summed E-state index contributed by atoms with van der Waals surface area (Å²) in [5, 5.41) is 3.53. The number of nitrogens with one attached hydrogen (secondary N) is 1. The zero-order valence-electron chi connectivity index (χ0n) is 7.83. The van der Waals surface area contributed by atoms with Crippen molar-refractivity contribution in [2.45, 2.75) is 12.5 Å². The van der Waals surface area contributed by atoms with Crippen molar-refractivity contribution < 1.29 is 0 Å². The Balaban J connectivity index is 1.57. The molecule has 0 aliphatic heterocycles. The molecule has 4 atom stereocenters. The molecule has 4 aliphatic rings. The van der Waals surface area contributed by atoms with Gasteiger partial charge in [0.15, 0.2) is 0 Å². The van der Waals surface area contributed by atoms with E-state index in [4.69, 9.17) is 5.73 Å². The first-order chi connectivity index (χ1) is 6.80. The first-order valence-electron chi connectivity index (χ1n) is 5.20. The van der Waals surface area contributed by atoms with Crippen LogP contribution in [0.1, 0.15) is 6.42 Å². The second kappa shape index (κ2) is 1.84. The summed E-state index contributed by atoms with van der Waals surface area (Å²) in [5.41, 5.74) is 11.2. The number of hydrogen-bond donors (Lipinski definition) is 2. The minimum Gasteiger partial charge on any atom is -0.392 e. The summed E-state index contributed by atoms with van der Waals surface area (Å²) in [6.07, 6.45) is 10.1. The van der Waals surface area contributed by atoms with E-state index in [1.165, 1.54) is 6.42 Å². The summed E-state index contributed by atoms with van der Waals surface area (Å²) in [5.74, 6) is 1.66. The third-order valence-electron chi connectivity index (χ3n) is 4.12. The summed E-state index contributed by atoms with van der Waals surface area (Å²) in [6.45, 7) is 0. The Labute approximate surface area is 82.9 Å². The number of allylic oxidation sites excluding steroid dienone is 2. The molecule has 4 aliphatic carbocycles. The fraction of sp³-hybridized carbons (Fsp3) is 0.417. The lowest BCUT2D eigenvalue weighted by molar-refractivity contribution is 0.697. The van der Waals surface area contributed by atoms with Crippen LogP contribution in [0.3, 0.4) is 0 Å². The van der Waals surface area contributed by atoms with Gasteiger partial charge in [-0.15, -0.1) is 0 Å². The van der Waals surface area contributed by atoms with Crippen LogP contribution in [-0.4, -0.2) is 6.04 Å². The fourth-order valence-electron chi connectivity index (χ4n) is 3.23. The molecule has 0 radical (unpaired) electrons. The van der Waals surface area contributed by atoms with Gasteiger partial charge in [0, 0.05) is 17.4 Å². The molecule has 2 nitrogen and oxygen atoms in total. The normalized spacial score (nSPS) is 49.6. The predicted octanol–water partition coefficient (Wildman–Crippen LogP) is 1.05. The molecule has 2 saturated carbocycles. The van der Waals surface area contributed by atoms with Crippen LogP contribution in [0.5, 0.6) is 0 Å². The summed E-state index contributed by atoms with van der Waals surface area (Å²) in [6, 6.07) is 0.663. The van der Waals surface area contributed by atoms with Gasteiger partial charge in [-0.3, -0.25) is 0 Å². The van der Waals surface area contributed by atoms with Gasteiger partial charge in [0.05, 0.1) is 11.4 Å². The highest BCUT2D eigenvalue weighted by Crippen LogP contribution is 2.78. The van der Waals surface area contributed by atoms with E-state index >= 15 is 0 Å². The first-order valence-corrected chi connectivity index (χ1v) is 5.20. The lowest BCUT2D eigenvalue weighted by atomic mass is 10.3. The Morgan fingerprint density at radius 1 is 1.43 bits per heavy atom. The van der Waals surface area contributed by atoms with E-state index in [9.17, 15) is 0 Å². The smallest absolute Gasteiger partial charge is 0.0798 e. The molecule has 1 spiro atoms. The maximum absolute atomic E-state index is 5.62. The quantitative estimate of drug-likeness (QED) is 0.497. The summed E-state index contributed by atoms with van der Waals surface area (Å²) in [7, 11) is 0. The predicted molar refractivity (Wildman–Crippen MR) is 54.0 cm³/mol. The highest BCUT2D eigenvalue weighted by atomic mass is 15.1. The summed E-state index contributed by atoms with van der Waals surface area (Å²) < 4.78 is 0. The van der Waals surface area contributed by atoms with Gasteiger partial charge < -0.3 is 11.1 Å². The van der Waals surface area contributed by atoms with Gasteiger partial charge in [0.25, 0.3) is 0 Å². The van der Waals surface area contributed by atoms with Gasteiger partial charge in [0.1, 0.15) is 0 Å². The van der Waals surface area contributed by atoms with Crippen LogP contribution in [0.2, 0.25) is 0 Å². The Morgan fingerprint density at radius 2 is 2.36 bits per heavy atom. The van der Waals surface area contributed by atoms with E-state index in [0.29, 0.717) is 11.5 Å². The first kappa shape index (κ1) is 6.97. The standard InChI is InChI=1S/C12H12N2/c13-8-2-3-9(5-8)14-11-10-4-1-7-6-12(7,10)11/h1-4,7,10-11,14H,6,13H2. The number of hydrogen-bond acceptors (Lipinski definition) is 2. The van der Waals surface area contributed by atoms with Crippen molar-refractivity contribution in [2.75, 3.05) is 0 Å². The fourth-order valence-corrected chi connectivity index (χ4v) is 3.23. The molecular weight excluding hydrogens is 172 g/mol. The SMILES string of the molecule is NC1=C=C(NC2C3C=CC4CC432)C=C1. The molecule has 14 heavy (non-hydrogen) atoms. The molecule has 0 aromatic heterocycles. The average Bonchev–Trinajstić information content (AvgIpc) is 2.91. The Bertz CT molecular complexity index is 451. The van der Waals surface area contributed by atoms with E-state index < -0.39 is 0 Å². The van der Waals surface area contributed by atoms with Crippen molar-refractivity contribution in [1.82, 2.24) is 5.32 Å². The molecule has 3 N–H and O–H groups in total. The second-order valence-corrected chi connectivity index (χ2v) is 4.78. The van der Waals surface area contributed by atoms with Gasteiger partial charge >= 0.3 is 0 Å². The molecule has 4 rings (SSSR count).